The Hall–Kier alpha value is -1.02. The lowest BCUT2D eigenvalue weighted by molar-refractivity contribution is 0.261. The first-order valence-corrected chi connectivity index (χ1v) is 7.22. The first-order chi connectivity index (χ1) is 8.77. The van der Waals surface area contributed by atoms with Gasteiger partial charge >= 0.3 is 0 Å². The molecule has 0 fully saturated rings. The van der Waals surface area contributed by atoms with Crippen molar-refractivity contribution < 1.29 is 4.74 Å². The highest BCUT2D eigenvalue weighted by molar-refractivity contribution is 5.37. The van der Waals surface area contributed by atoms with Crippen molar-refractivity contribution >= 4 is 0 Å². The normalized spacial score (nSPS) is 18.5. The van der Waals surface area contributed by atoms with Gasteiger partial charge in [-0.1, -0.05) is 38.5 Å². The van der Waals surface area contributed by atoms with Crippen LogP contribution in [-0.4, -0.2) is 19.2 Å². The molecule has 1 heterocycles. The van der Waals surface area contributed by atoms with E-state index >= 15 is 0 Å². The fourth-order valence-electron chi connectivity index (χ4n) is 2.62. The van der Waals surface area contributed by atoms with Crippen molar-refractivity contribution in [1.82, 2.24) is 5.32 Å². The number of rotatable bonds is 6. The van der Waals surface area contributed by atoms with Gasteiger partial charge in [-0.05, 0) is 43.4 Å². The fourth-order valence-corrected chi connectivity index (χ4v) is 2.62. The lowest BCUT2D eigenvalue weighted by atomic mass is 9.89. The molecule has 0 bridgehead atoms. The minimum absolute atomic E-state index is 0.605. The number of nitrogens with one attached hydrogen (secondary N) is 1. The van der Waals surface area contributed by atoms with Gasteiger partial charge in [0.2, 0.25) is 0 Å². The van der Waals surface area contributed by atoms with Gasteiger partial charge in [-0.3, -0.25) is 0 Å². The Kier molecular flexibility index (Phi) is 5.06. The van der Waals surface area contributed by atoms with Crippen LogP contribution in [0.3, 0.4) is 0 Å². The second-order valence-electron chi connectivity index (χ2n) is 5.48. The topological polar surface area (TPSA) is 21.3 Å². The quantitative estimate of drug-likeness (QED) is 0.774. The summed E-state index contributed by atoms with van der Waals surface area (Å²) in [5, 5.41) is 3.48. The van der Waals surface area contributed by atoms with Gasteiger partial charge in [0.1, 0.15) is 5.75 Å². The maximum atomic E-state index is 5.70. The molecule has 2 nitrogen and oxygen atoms in total. The van der Waals surface area contributed by atoms with Crippen LogP contribution in [0.15, 0.2) is 24.3 Å². The minimum Gasteiger partial charge on any atom is -0.493 e. The van der Waals surface area contributed by atoms with Gasteiger partial charge in [0.25, 0.3) is 0 Å². The molecule has 1 unspecified atom stereocenters. The van der Waals surface area contributed by atoms with E-state index in [0.29, 0.717) is 12.0 Å². The van der Waals surface area contributed by atoms with E-state index in [0.717, 1.165) is 18.9 Å². The van der Waals surface area contributed by atoms with E-state index in [1.54, 1.807) is 0 Å². The Bertz CT molecular complexity index is 362. The second-order valence-corrected chi connectivity index (χ2v) is 5.48. The molecule has 0 aromatic heterocycles. The number of fused-ring (bicyclic) bond motifs is 1. The Balaban J connectivity index is 1.77. The Morgan fingerprint density at radius 3 is 2.94 bits per heavy atom. The summed E-state index contributed by atoms with van der Waals surface area (Å²) in [6, 6.07) is 9.12. The first kappa shape index (κ1) is 13.4. The molecule has 2 rings (SSSR count). The molecule has 0 amide bonds. The molecular weight excluding hydrogens is 222 g/mol. The maximum absolute atomic E-state index is 5.70. The highest BCUT2D eigenvalue weighted by Crippen LogP contribution is 2.36. The van der Waals surface area contributed by atoms with Gasteiger partial charge < -0.3 is 10.1 Å². The average Bonchev–Trinajstić information content (AvgIpc) is 2.38. The number of hydrogen-bond donors (Lipinski definition) is 1. The van der Waals surface area contributed by atoms with Crippen LogP contribution < -0.4 is 10.1 Å². The van der Waals surface area contributed by atoms with Crippen molar-refractivity contribution in [2.45, 2.75) is 51.5 Å². The maximum Gasteiger partial charge on any atom is 0.122 e. The Morgan fingerprint density at radius 1 is 1.28 bits per heavy atom. The highest BCUT2D eigenvalue weighted by Gasteiger charge is 2.20. The summed E-state index contributed by atoms with van der Waals surface area (Å²) >= 11 is 0. The zero-order chi connectivity index (χ0) is 12.8. The summed E-state index contributed by atoms with van der Waals surface area (Å²) < 4.78 is 5.70. The van der Waals surface area contributed by atoms with Crippen LogP contribution in [0.25, 0.3) is 0 Å². The van der Waals surface area contributed by atoms with Gasteiger partial charge in [-0.15, -0.1) is 0 Å². The molecular formula is C16H25NO. The van der Waals surface area contributed by atoms with Gasteiger partial charge in [-0.25, -0.2) is 0 Å². The van der Waals surface area contributed by atoms with Crippen molar-refractivity contribution in [1.29, 1.82) is 0 Å². The van der Waals surface area contributed by atoms with Gasteiger partial charge in [0, 0.05) is 6.04 Å². The van der Waals surface area contributed by atoms with Gasteiger partial charge in [0.05, 0.1) is 6.61 Å². The predicted octanol–water partition coefficient (Wildman–Crippen LogP) is 3.72. The summed E-state index contributed by atoms with van der Waals surface area (Å²) in [5.41, 5.74) is 1.42. The summed E-state index contributed by atoms with van der Waals surface area (Å²) in [6.45, 7) is 6.43. The Labute approximate surface area is 111 Å². The van der Waals surface area contributed by atoms with Crippen LogP contribution in [0.4, 0.5) is 0 Å². The SMILES string of the molecule is CC(C)NCCCCC1CCOc2ccccc21. The Morgan fingerprint density at radius 2 is 2.11 bits per heavy atom. The molecule has 1 aromatic rings. The molecule has 1 N–H and O–H groups in total. The molecule has 0 aliphatic carbocycles. The van der Waals surface area contributed by atoms with E-state index < -0.39 is 0 Å². The van der Waals surface area contributed by atoms with Crippen molar-refractivity contribution in [3.05, 3.63) is 29.8 Å². The molecule has 2 heteroatoms. The van der Waals surface area contributed by atoms with E-state index in [4.69, 9.17) is 4.74 Å². The monoisotopic (exact) mass is 247 g/mol. The zero-order valence-electron chi connectivity index (χ0n) is 11.6. The van der Waals surface area contributed by atoms with E-state index in [-0.39, 0.29) is 0 Å². The zero-order valence-corrected chi connectivity index (χ0v) is 11.6. The van der Waals surface area contributed by atoms with Crippen LogP contribution >= 0.6 is 0 Å². The van der Waals surface area contributed by atoms with Crippen molar-refractivity contribution in [2.75, 3.05) is 13.2 Å². The molecule has 1 aliphatic rings. The standard InChI is InChI=1S/C16H25NO/c1-13(2)17-11-6-5-7-14-10-12-18-16-9-4-3-8-15(14)16/h3-4,8-9,13-14,17H,5-7,10-12H2,1-2H3. The third-order valence-corrected chi connectivity index (χ3v) is 3.61. The molecule has 1 atom stereocenters. The summed E-state index contributed by atoms with van der Waals surface area (Å²) in [5.74, 6) is 1.81. The smallest absolute Gasteiger partial charge is 0.122 e. The third kappa shape index (κ3) is 3.74. The number of para-hydroxylation sites is 1. The number of unbranched alkanes of at least 4 members (excludes halogenated alkanes) is 1. The fraction of sp³-hybridized carbons (Fsp3) is 0.625. The lowest BCUT2D eigenvalue weighted by Gasteiger charge is -2.25. The van der Waals surface area contributed by atoms with Crippen molar-refractivity contribution in [3.63, 3.8) is 0 Å². The van der Waals surface area contributed by atoms with Crippen LogP contribution in [0.2, 0.25) is 0 Å². The van der Waals surface area contributed by atoms with Crippen LogP contribution in [0.1, 0.15) is 51.0 Å². The lowest BCUT2D eigenvalue weighted by Crippen LogP contribution is -2.23. The molecule has 0 saturated carbocycles. The van der Waals surface area contributed by atoms with Crippen LogP contribution in [0.5, 0.6) is 5.75 Å². The van der Waals surface area contributed by atoms with E-state index in [2.05, 4.69) is 43.4 Å². The minimum atomic E-state index is 0.605. The van der Waals surface area contributed by atoms with Crippen LogP contribution in [-0.2, 0) is 0 Å². The summed E-state index contributed by atoms with van der Waals surface area (Å²) in [7, 11) is 0. The number of ether oxygens (including phenoxy) is 1. The second kappa shape index (κ2) is 6.79. The van der Waals surface area contributed by atoms with Crippen molar-refractivity contribution in [2.24, 2.45) is 0 Å². The molecule has 0 spiro atoms. The van der Waals surface area contributed by atoms with Crippen LogP contribution in [0, 0.1) is 0 Å². The van der Waals surface area contributed by atoms with E-state index in [1.807, 2.05) is 0 Å². The highest BCUT2D eigenvalue weighted by atomic mass is 16.5. The first-order valence-electron chi connectivity index (χ1n) is 7.22. The largest absolute Gasteiger partial charge is 0.493 e. The number of benzene rings is 1. The number of hydrogen-bond acceptors (Lipinski definition) is 2. The van der Waals surface area contributed by atoms with Gasteiger partial charge in [0.15, 0.2) is 0 Å². The van der Waals surface area contributed by atoms with E-state index in [1.165, 1.54) is 31.2 Å². The molecule has 18 heavy (non-hydrogen) atoms. The van der Waals surface area contributed by atoms with E-state index in [9.17, 15) is 0 Å². The molecule has 0 radical (unpaired) electrons. The predicted molar refractivity (Wildman–Crippen MR) is 76.3 cm³/mol. The van der Waals surface area contributed by atoms with Gasteiger partial charge in [-0.2, -0.15) is 0 Å². The molecule has 1 aromatic carbocycles. The summed E-state index contributed by atoms with van der Waals surface area (Å²) in [6.07, 6.45) is 5.05. The molecule has 1 aliphatic heterocycles. The third-order valence-electron chi connectivity index (χ3n) is 3.61. The molecule has 0 saturated heterocycles. The molecule has 100 valence electrons. The average molecular weight is 247 g/mol. The van der Waals surface area contributed by atoms with Crippen molar-refractivity contribution in [3.8, 4) is 5.75 Å². The summed E-state index contributed by atoms with van der Waals surface area (Å²) in [4.78, 5) is 0.